The van der Waals surface area contributed by atoms with Crippen LogP contribution in [0.4, 0.5) is 5.13 Å². The van der Waals surface area contributed by atoms with Gasteiger partial charge in [0.05, 0.1) is 0 Å². The van der Waals surface area contributed by atoms with Crippen molar-refractivity contribution in [2.45, 2.75) is 0 Å². The average Bonchev–Trinajstić information content (AvgIpc) is 2.34. The standard InChI is InChI=1S/C5H7N2O4PS/c8-4(3-12(9,10)11)7-5-6-1-2-13-5/h1-2H,3H2,(H,6,7,8)(H2,9,10,11). The largest absolute Gasteiger partial charge is 0.334 e. The second-order valence-electron chi connectivity index (χ2n) is 2.21. The van der Waals surface area contributed by atoms with E-state index in [9.17, 15) is 9.36 Å². The highest BCUT2D eigenvalue weighted by atomic mass is 32.1. The first-order valence-electron chi connectivity index (χ1n) is 3.21. The van der Waals surface area contributed by atoms with Crippen LogP contribution in [0.1, 0.15) is 0 Å². The molecule has 1 heterocycles. The van der Waals surface area contributed by atoms with Crippen molar-refractivity contribution in [2.24, 2.45) is 0 Å². The first-order valence-corrected chi connectivity index (χ1v) is 5.89. The van der Waals surface area contributed by atoms with E-state index in [1.54, 1.807) is 5.38 Å². The van der Waals surface area contributed by atoms with Crippen LogP contribution >= 0.6 is 18.9 Å². The van der Waals surface area contributed by atoms with Crippen LogP contribution in [0.5, 0.6) is 0 Å². The van der Waals surface area contributed by atoms with E-state index in [1.807, 2.05) is 0 Å². The molecule has 13 heavy (non-hydrogen) atoms. The maximum absolute atomic E-state index is 10.9. The van der Waals surface area contributed by atoms with Crippen LogP contribution in [0.25, 0.3) is 0 Å². The van der Waals surface area contributed by atoms with E-state index >= 15 is 0 Å². The number of thiazole rings is 1. The predicted molar refractivity (Wildman–Crippen MR) is 47.7 cm³/mol. The van der Waals surface area contributed by atoms with Crippen molar-refractivity contribution in [1.29, 1.82) is 0 Å². The number of nitrogens with zero attached hydrogens (tertiary/aromatic N) is 1. The van der Waals surface area contributed by atoms with Gasteiger partial charge in [-0.05, 0) is 0 Å². The van der Waals surface area contributed by atoms with E-state index in [4.69, 9.17) is 9.79 Å². The van der Waals surface area contributed by atoms with Crippen molar-refractivity contribution in [1.82, 2.24) is 4.98 Å². The van der Waals surface area contributed by atoms with Crippen molar-refractivity contribution < 1.29 is 19.1 Å². The number of nitrogens with one attached hydrogen (secondary N) is 1. The highest BCUT2D eigenvalue weighted by Crippen LogP contribution is 2.33. The molecule has 0 saturated carbocycles. The molecule has 0 fully saturated rings. The van der Waals surface area contributed by atoms with E-state index < -0.39 is 19.7 Å². The highest BCUT2D eigenvalue weighted by Gasteiger charge is 2.19. The van der Waals surface area contributed by atoms with Gasteiger partial charge in [-0.3, -0.25) is 9.36 Å². The number of amides is 1. The Hall–Kier alpha value is -0.750. The van der Waals surface area contributed by atoms with Gasteiger partial charge in [-0.25, -0.2) is 4.98 Å². The minimum Gasteiger partial charge on any atom is -0.324 e. The zero-order chi connectivity index (χ0) is 9.90. The first-order chi connectivity index (χ1) is 5.97. The number of hydrogen-bond donors (Lipinski definition) is 3. The average molecular weight is 222 g/mol. The number of carbonyl (C=O) groups is 1. The second kappa shape index (κ2) is 3.97. The maximum atomic E-state index is 10.9. The monoisotopic (exact) mass is 222 g/mol. The fraction of sp³-hybridized carbons (Fsp3) is 0.200. The van der Waals surface area contributed by atoms with Gasteiger partial charge in [-0.2, -0.15) is 0 Å². The van der Waals surface area contributed by atoms with E-state index in [0.717, 1.165) is 0 Å². The molecule has 0 aliphatic carbocycles. The molecule has 1 rings (SSSR count). The third-order valence-corrected chi connectivity index (χ3v) is 2.42. The predicted octanol–water partition coefficient (Wildman–Crippen LogP) is 0.259. The lowest BCUT2D eigenvalue weighted by atomic mass is 10.7. The summed E-state index contributed by atoms with van der Waals surface area (Å²) in [5.41, 5.74) is 0. The molecule has 0 radical (unpaired) electrons. The van der Waals surface area contributed by atoms with Crippen molar-refractivity contribution in [3.05, 3.63) is 11.6 Å². The van der Waals surface area contributed by atoms with Crippen molar-refractivity contribution in [2.75, 3.05) is 11.5 Å². The molecule has 1 amide bonds. The van der Waals surface area contributed by atoms with Gasteiger partial charge in [-0.15, -0.1) is 11.3 Å². The molecule has 1 aromatic rings. The van der Waals surface area contributed by atoms with Gasteiger partial charge in [0.2, 0.25) is 5.91 Å². The van der Waals surface area contributed by atoms with Crippen LogP contribution in [0, 0.1) is 0 Å². The van der Waals surface area contributed by atoms with Gasteiger partial charge < -0.3 is 15.1 Å². The SMILES string of the molecule is O=C(CP(=O)(O)O)Nc1nccs1. The zero-order valence-corrected chi connectivity index (χ0v) is 8.09. The van der Waals surface area contributed by atoms with E-state index in [1.165, 1.54) is 17.5 Å². The quantitative estimate of drug-likeness (QED) is 0.637. The Morgan fingerprint density at radius 1 is 1.69 bits per heavy atom. The topological polar surface area (TPSA) is 99.5 Å². The number of carbonyl (C=O) groups excluding carboxylic acids is 1. The van der Waals surface area contributed by atoms with Crippen LogP contribution in [-0.4, -0.2) is 26.8 Å². The number of anilines is 1. The van der Waals surface area contributed by atoms with Gasteiger partial charge in [0.25, 0.3) is 0 Å². The minimum absolute atomic E-state index is 0.332. The molecule has 0 saturated heterocycles. The van der Waals surface area contributed by atoms with Gasteiger partial charge in [0.1, 0.15) is 6.16 Å². The summed E-state index contributed by atoms with van der Waals surface area (Å²) in [5.74, 6) is -0.733. The third kappa shape index (κ3) is 4.14. The molecular formula is C5H7N2O4PS. The summed E-state index contributed by atoms with van der Waals surface area (Å²) in [4.78, 5) is 31.5. The van der Waals surface area contributed by atoms with Crippen molar-refractivity contribution in [3.8, 4) is 0 Å². The molecule has 0 aliphatic rings. The Labute approximate surface area is 77.8 Å². The summed E-state index contributed by atoms with van der Waals surface area (Å²) >= 11 is 1.18. The van der Waals surface area contributed by atoms with Crippen LogP contribution in [0.3, 0.4) is 0 Å². The summed E-state index contributed by atoms with van der Waals surface area (Å²) in [6, 6.07) is 0. The summed E-state index contributed by atoms with van der Waals surface area (Å²) in [6.45, 7) is 0. The lowest BCUT2D eigenvalue weighted by Gasteiger charge is -2.02. The number of aromatic nitrogens is 1. The highest BCUT2D eigenvalue weighted by molar-refractivity contribution is 7.52. The van der Waals surface area contributed by atoms with Gasteiger partial charge in [-0.1, -0.05) is 0 Å². The molecule has 0 unspecified atom stereocenters. The summed E-state index contributed by atoms with van der Waals surface area (Å²) in [7, 11) is -4.28. The molecule has 0 aliphatic heterocycles. The number of hydrogen-bond acceptors (Lipinski definition) is 4. The van der Waals surface area contributed by atoms with E-state index in [-0.39, 0.29) is 0 Å². The Bertz CT molecular complexity index is 332. The lowest BCUT2D eigenvalue weighted by Crippen LogP contribution is -2.15. The second-order valence-corrected chi connectivity index (χ2v) is 4.75. The fourth-order valence-corrected chi connectivity index (χ4v) is 1.63. The Kier molecular flexibility index (Phi) is 3.16. The Morgan fingerprint density at radius 3 is 2.85 bits per heavy atom. The van der Waals surface area contributed by atoms with Crippen LogP contribution in [-0.2, 0) is 9.36 Å². The van der Waals surface area contributed by atoms with Crippen molar-refractivity contribution >= 4 is 30.0 Å². The smallest absolute Gasteiger partial charge is 0.324 e. The lowest BCUT2D eigenvalue weighted by molar-refractivity contribution is -0.114. The first kappa shape index (κ1) is 10.3. The molecule has 0 atom stereocenters. The normalized spacial score (nSPS) is 11.2. The number of rotatable bonds is 3. The minimum atomic E-state index is -4.28. The van der Waals surface area contributed by atoms with E-state index in [0.29, 0.717) is 5.13 Å². The third-order valence-electron chi connectivity index (χ3n) is 1.03. The van der Waals surface area contributed by atoms with Crippen molar-refractivity contribution in [3.63, 3.8) is 0 Å². The Morgan fingerprint density at radius 2 is 2.38 bits per heavy atom. The summed E-state index contributed by atoms with van der Waals surface area (Å²) < 4.78 is 10.4. The molecule has 0 bridgehead atoms. The fourth-order valence-electron chi connectivity index (χ4n) is 0.631. The zero-order valence-electron chi connectivity index (χ0n) is 6.38. The molecule has 72 valence electrons. The summed E-state index contributed by atoms with van der Waals surface area (Å²) in [6.07, 6.45) is 0.671. The van der Waals surface area contributed by atoms with Gasteiger partial charge >= 0.3 is 7.60 Å². The van der Waals surface area contributed by atoms with Gasteiger partial charge in [0, 0.05) is 11.6 Å². The molecule has 0 spiro atoms. The molecule has 3 N–H and O–H groups in total. The maximum Gasteiger partial charge on any atom is 0.334 e. The molecule has 6 nitrogen and oxygen atoms in total. The summed E-state index contributed by atoms with van der Waals surface area (Å²) in [5, 5.41) is 4.23. The molecule has 8 heteroatoms. The van der Waals surface area contributed by atoms with Crippen LogP contribution < -0.4 is 5.32 Å². The molecule has 0 aromatic carbocycles. The van der Waals surface area contributed by atoms with Crippen LogP contribution in [0.15, 0.2) is 11.6 Å². The molecule has 1 aromatic heterocycles. The van der Waals surface area contributed by atoms with Crippen LogP contribution in [0.2, 0.25) is 0 Å². The van der Waals surface area contributed by atoms with Gasteiger partial charge in [0.15, 0.2) is 5.13 Å². The molecular weight excluding hydrogens is 215 g/mol. The van der Waals surface area contributed by atoms with E-state index in [2.05, 4.69) is 10.3 Å². The Balaban J connectivity index is 2.48.